The molecule has 1 atom stereocenters. The first-order valence-corrected chi connectivity index (χ1v) is 11.9. The van der Waals surface area contributed by atoms with Gasteiger partial charge in [0.05, 0.1) is 6.54 Å². The predicted molar refractivity (Wildman–Crippen MR) is 136 cm³/mol. The number of carboxylic acids is 1. The van der Waals surface area contributed by atoms with Gasteiger partial charge in [-0.05, 0) is 47.2 Å². The van der Waals surface area contributed by atoms with Crippen LogP contribution in [-0.4, -0.2) is 41.7 Å². The predicted octanol–water partition coefficient (Wildman–Crippen LogP) is 3.97. The highest BCUT2D eigenvalue weighted by atomic mass is 16.5. The number of alkyl carbamates (subject to hydrolysis) is 1. The van der Waals surface area contributed by atoms with Crippen LogP contribution in [0.4, 0.5) is 10.5 Å². The van der Waals surface area contributed by atoms with E-state index in [1.165, 1.54) is 0 Å². The highest BCUT2D eigenvalue weighted by Gasteiger charge is 2.22. The Hall–Kier alpha value is -4.17. The lowest BCUT2D eigenvalue weighted by Crippen LogP contribution is -2.42. The third-order valence-corrected chi connectivity index (χ3v) is 5.81. The van der Waals surface area contributed by atoms with Crippen LogP contribution in [0.5, 0.6) is 0 Å². The summed E-state index contributed by atoms with van der Waals surface area (Å²) < 4.78 is 5.14. The van der Waals surface area contributed by atoms with Crippen LogP contribution in [0.2, 0.25) is 0 Å². The summed E-state index contributed by atoms with van der Waals surface area (Å²) in [5.74, 6) is -1.22. The van der Waals surface area contributed by atoms with Crippen LogP contribution >= 0.6 is 0 Å². The maximum atomic E-state index is 12.1. The van der Waals surface area contributed by atoms with E-state index in [1.807, 2.05) is 78.9 Å². The van der Waals surface area contributed by atoms with Gasteiger partial charge in [0, 0.05) is 18.2 Å². The molecule has 0 bridgehead atoms. The molecule has 186 valence electrons. The van der Waals surface area contributed by atoms with Crippen LogP contribution in [0.25, 0.3) is 11.1 Å². The van der Waals surface area contributed by atoms with Gasteiger partial charge < -0.3 is 25.8 Å². The molecule has 0 aromatic heterocycles. The van der Waals surface area contributed by atoms with Crippen molar-refractivity contribution in [2.45, 2.75) is 38.0 Å². The number of rotatable bonds is 11. The molecule has 0 saturated heterocycles. The number of aliphatic carboxylic acids is 1. The third-order valence-electron chi connectivity index (χ3n) is 5.81. The summed E-state index contributed by atoms with van der Waals surface area (Å²) in [4.78, 5) is 35.9. The average molecular weight is 488 g/mol. The van der Waals surface area contributed by atoms with Crippen LogP contribution < -0.4 is 16.0 Å². The maximum absolute atomic E-state index is 12.1. The highest BCUT2D eigenvalue weighted by molar-refractivity contribution is 5.93. The molecule has 0 unspecified atom stereocenters. The van der Waals surface area contributed by atoms with Gasteiger partial charge in [-0.2, -0.15) is 0 Å². The molecular weight excluding hydrogens is 458 g/mol. The molecule has 1 saturated carbocycles. The van der Waals surface area contributed by atoms with Crippen LogP contribution in [0.1, 0.15) is 24.0 Å². The molecule has 0 radical (unpaired) electrons. The Labute approximate surface area is 209 Å². The number of hydrogen-bond acceptors (Lipinski definition) is 5. The lowest BCUT2D eigenvalue weighted by molar-refractivity contribution is -0.139. The number of amides is 2. The number of ether oxygens (including phenoxy) is 1. The number of carboxylic acid groups (broad SMARTS) is 1. The first kappa shape index (κ1) is 24.9. The molecule has 1 aliphatic rings. The molecule has 3 aromatic rings. The van der Waals surface area contributed by atoms with E-state index >= 15 is 0 Å². The van der Waals surface area contributed by atoms with Gasteiger partial charge >= 0.3 is 12.1 Å². The Morgan fingerprint density at radius 3 is 2.33 bits per heavy atom. The summed E-state index contributed by atoms with van der Waals surface area (Å²) in [6, 6.07) is 23.5. The van der Waals surface area contributed by atoms with E-state index in [1.54, 1.807) is 0 Å². The lowest BCUT2D eigenvalue weighted by atomic mass is 10.0. The number of anilines is 1. The quantitative estimate of drug-likeness (QED) is 0.325. The molecule has 1 aliphatic carbocycles. The zero-order valence-electron chi connectivity index (χ0n) is 19.8. The number of nitrogens with one attached hydrogen (secondary N) is 3. The molecule has 4 N–H and O–H groups in total. The van der Waals surface area contributed by atoms with Gasteiger partial charge in [0.2, 0.25) is 5.91 Å². The molecule has 36 heavy (non-hydrogen) atoms. The normalized spacial score (nSPS) is 13.4. The van der Waals surface area contributed by atoms with Gasteiger partial charge in [0.25, 0.3) is 0 Å². The third kappa shape index (κ3) is 7.68. The minimum absolute atomic E-state index is 0.0598. The largest absolute Gasteiger partial charge is 0.480 e. The van der Waals surface area contributed by atoms with Crippen molar-refractivity contribution in [3.8, 4) is 11.1 Å². The maximum Gasteiger partial charge on any atom is 0.408 e. The van der Waals surface area contributed by atoms with Crippen molar-refractivity contribution in [3.05, 3.63) is 90.0 Å². The first-order valence-electron chi connectivity index (χ1n) is 11.9. The summed E-state index contributed by atoms with van der Waals surface area (Å²) in [5, 5.41) is 18.1. The summed E-state index contributed by atoms with van der Waals surface area (Å²) in [6.07, 6.45) is 1.58. The van der Waals surface area contributed by atoms with Crippen LogP contribution in [-0.2, 0) is 27.4 Å². The number of benzene rings is 3. The summed E-state index contributed by atoms with van der Waals surface area (Å²) >= 11 is 0. The second-order valence-corrected chi connectivity index (χ2v) is 8.78. The lowest BCUT2D eigenvalue weighted by Gasteiger charge is -2.15. The van der Waals surface area contributed by atoms with Gasteiger partial charge in [0.15, 0.2) is 0 Å². The van der Waals surface area contributed by atoms with Crippen LogP contribution in [0.15, 0.2) is 78.9 Å². The van der Waals surface area contributed by atoms with E-state index in [-0.39, 0.29) is 18.9 Å². The van der Waals surface area contributed by atoms with Crippen molar-refractivity contribution in [3.63, 3.8) is 0 Å². The van der Waals surface area contributed by atoms with Gasteiger partial charge in [-0.1, -0.05) is 66.7 Å². The number of hydrogen-bond donors (Lipinski definition) is 4. The van der Waals surface area contributed by atoms with E-state index in [4.69, 9.17) is 4.74 Å². The number of carbonyl (C=O) groups excluding carboxylic acids is 2. The summed E-state index contributed by atoms with van der Waals surface area (Å²) in [7, 11) is 0. The molecule has 0 heterocycles. The van der Waals surface area contributed by atoms with Gasteiger partial charge in [-0.25, -0.2) is 9.59 Å². The van der Waals surface area contributed by atoms with E-state index in [0.29, 0.717) is 18.3 Å². The molecule has 0 spiro atoms. The van der Waals surface area contributed by atoms with E-state index in [9.17, 15) is 19.5 Å². The molecule has 1 fully saturated rings. The second-order valence-electron chi connectivity index (χ2n) is 8.78. The molecular formula is C28H29N3O5. The van der Waals surface area contributed by atoms with Gasteiger partial charge in [0.1, 0.15) is 12.6 Å². The van der Waals surface area contributed by atoms with Crippen molar-refractivity contribution in [2.75, 3.05) is 11.9 Å². The Bertz CT molecular complexity index is 1190. The molecule has 8 nitrogen and oxygen atoms in total. The van der Waals surface area contributed by atoms with Crippen molar-refractivity contribution >= 4 is 23.7 Å². The second kappa shape index (κ2) is 12.0. The standard InChI is InChI=1S/C28H29N3O5/c32-26(17-29-23-13-14-23)30-24-8-4-7-22(16-24)21-11-9-19(10-12-21)15-25(27(33)34)31-28(35)36-18-20-5-2-1-3-6-20/h1-12,16,23,25,29H,13-15,17-18H2,(H,30,32)(H,31,35)(H,33,34)/t25-/m1/s1. The van der Waals surface area contributed by atoms with E-state index in [2.05, 4.69) is 16.0 Å². The zero-order chi connectivity index (χ0) is 25.3. The Balaban J connectivity index is 1.32. The topological polar surface area (TPSA) is 117 Å². The summed E-state index contributed by atoms with van der Waals surface area (Å²) in [6.45, 7) is 0.354. The fourth-order valence-electron chi connectivity index (χ4n) is 3.68. The van der Waals surface area contributed by atoms with Crippen molar-refractivity contribution in [2.24, 2.45) is 0 Å². The average Bonchev–Trinajstić information content (AvgIpc) is 3.72. The minimum atomic E-state index is -1.14. The van der Waals surface area contributed by atoms with Crippen LogP contribution in [0.3, 0.4) is 0 Å². The van der Waals surface area contributed by atoms with Crippen LogP contribution in [0, 0.1) is 0 Å². The molecule has 8 heteroatoms. The van der Waals surface area contributed by atoms with Crippen molar-refractivity contribution in [1.29, 1.82) is 0 Å². The Morgan fingerprint density at radius 2 is 1.64 bits per heavy atom. The molecule has 4 rings (SSSR count). The molecule has 3 aromatic carbocycles. The molecule has 2 amide bonds. The highest BCUT2D eigenvalue weighted by Crippen LogP contribution is 2.24. The Kier molecular flexibility index (Phi) is 8.31. The van der Waals surface area contributed by atoms with Gasteiger partial charge in [-0.3, -0.25) is 4.79 Å². The van der Waals surface area contributed by atoms with E-state index in [0.717, 1.165) is 35.1 Å². The SMILES string of the molecule is O=C(CNC1CC1)Nc1cccc(-c2ccc(C[C@@H](NC(=O)OCc3ccccc3)C(=O)O)cc2)c1. The monoisotopic (exact) mass is 487 g/mol. The van der Waals surface area contributed by atoms with Crippen molar-refractivity contribution in [1.82, 2.24) is 10.6 Å². The fourth-order valence-corrected chi connectivity index (χ4v) is 3.68. The zero-order valence-corrected chi connectivity index (χ0v) is 19.8. The Morgan fingerprint density at radius 1 is 0.889 bits per heavy atom. The first-order chi connectivity index (χ1) is 17.5. The van der Waals surface area contributed by atoms with Crippen molar-refractivity contribution < 1.29 is 24.2 Å². The number of carbonyl (C=O) groups is 3. The molecule has 0 aliphatic heterocycles. The smallest absolute Gasteiger partial charge is 0.408 e. The fraction of sp³-hybridized carbons (Fsp3) is 0.250. The summed E-state index contributed by atoms with van der Waals surface area (Å²) in [5.41, 5.74) is 4.13. The van der Waals surface area contributed by atoms with E-state index < -0.39 is 18.1 Å². The van der Waals surface area contributed by atoms with Gasteiger partial charge in [-0.15, -0.1) is 0 Å². The minimum Gasteiger partial charge on any atom is -0.480 e.